The number of H-pyrrole nitrogens is 3. The Kier molecular flexibility index (Phi) is 14.7. The average molecular weight is 1190 g/mol. The number of pyridine rings is 3. The Morgan fingerprint density at radius 1 is 0.553 bits per heavy atom. The molecule has 2 saturated carbocycles. The molecule has 0 bridgehead atoms. The van der Waals surface area contributed by atoms with Crippen molar-refractivity contribution in [3.05, 3.63) is 127 Å². The van der Waals surface area contributed by atoms with Gasteiger partial charge >= 0.3 is 0 Å². The summed E-state index contributed by atoms with van der Waals surface area (Å²) < 4.78 is 28.4. The Balaban J connectivity index is 0.000000115. The van der Waals surface area contributed by atoms with Gasteiger partial charge in [-0.15, -0.1) is 0 Å². The van der Waals surface area contributed by atoms with E-state index in [0.29, 0.717) is 40.3 Å². The Bertz CT molecular complexity index is 4440. The summed E-state index contributed by atoms with van der Waals surface area (Å²) in [5, 5.41) is 34.3. The fourth-order valence-electron chi connectivity index (χ4n) is 12.3. The van der Waals surface area contributed by atoms with Gasteiger partial charge in [0.25, 0.3) is 0 Å². The number of benzene rings is 3. The predicted molar refractivity (Wildman–Crippen MR) is 339 cm³/mol. The minimum absolute atomic E-state index is 0.267. The molecule has 16 rings (SSSR count). The molecule has 11 aromatic rings. The number of nitrogens with one attached hydrogen (secondary N) is 6. The van der Waals surface area contributed by atoms with Crippen molar-refractivity contribution in [2.45, 2.75) is 94.3 Å². The minimum atomic E-state index is -2.54. The number of aromatic amines is 3. The van der Waals surface area contributed by atoms with Crippen LogP contribution in [0.5, 0.6) is 0 Å². The van der Waals surface area contributed by atoms with Crippen LogP contribution in [-0.4, -0.2) is 118 Å². The van der Waals surface area contributed by atoms with Gasteiger partial charge in [0.05, 0.1) is 57.7 Å². The van der Waals surface area contributed by atoms with Crippen LogP contribution in [-0.2, 0) is 19.3 Å². The van der Waals surface area contributed by atoms with Gasteiger partial charge in [-0.3, -0.25) is 39.8 Å². The second-order valence-electron chi connectivity index (χ2n) is 22.7. The van der Waals surface area contributed by atoms with E-state index >= 15 is 0 Å². The molecule has 11 heterocycles. The number of aromatic nitrogens is 11. The first-order valence-electron chi connectivity index (χ1n) is 29.2. The summed E-state index contributed by atoms with van der Waals surface area (Å²) in [6, 6.07) is 29.8. The summed E-state index contributed by atoms with van der Waals surface area (Å²) in [4.78, 5) is 43.2. The molecule has 85 heavy (non-hydrogen) atoms. The Morgan fingerprint density at radius 3 is 1.42 bits per heavy atom. The lowest BCUT2D eigenvalue weighted by Crippen LogP contribution is -2.41. The molecule has 2 saturated heterocycles. The lowest BCUT2D eigenvalue weighted by molar-refractivity contribution is -0.137. The molecular formula is C62H63N17O3S3. The third-order valence-electron chi connectivity index (χ3n) is 17.0. The van der Waals surface area contributed by atoms with E-state index in [1.807, 2.05) is 55.5 Å². The van der Waals surface area contributed by atoms with E-state index < -0.39 is 9.71 Å². The largest absolute Gasteiger partial charge is 0.342 e. The van der Waals surface area contributed by atoms with Crippen molar-refractivity contribution in [2.24, 2.45) is 16.2 Å². The van der Waals surface area contributed by atoms with Gasteiger partial charge in [0.2, 0.25) is 11.8 Å². The molecule has 6 N–H and O–H groups in total. The lowest BCUT2D eigenvalue weighted by Gasteiger charge is -2.34. The van der Waals surface area contributed by atoms with Crippen molar-refractivity contribution in [3.63, 3.8) is 0 Å². The summed E-state index contributed by atoms with van der Waals surface area (Å²) in [6.45, 7) is 5.28. The first-order chi connectivity index (χ1) is 41.6. The van der Waals surface area contributed by atoms with Crippen LogP contribution in [0.2, 0.25) is 0 Å². The molecule has 5 aliphatic rings. The highest BCUT2D eigenvalue weighted by Gasteiger charge is 2.36. The number of carbonyl (C=O) groups is 2. The number of hydrogen-bond donors (Lipinski definition) is 6. The maximum absolute atomic E-state index is 12.9. The van der Waals surface area contributed by atoms with Crippen LogP contribution in [0.1, 0.15) is 106 Å². The highest BCUT2D eigenvalue weighted by atomic mass is 32.2. The van der Waals surface area contributed by atoms with Crippen molar-refractivity contribution < 1.29 is 13.8 Å². The summed E-state index contributed by atoms with van der Waals surface area (Å²) in [5.41, 5.74) is 11.9. The Labute approximate surface area is 498 Å². The number of fused-ring (bicyclic) bond motifs is 6. The molecule has 8 aromatic heterocycles. The van der Waals surface area contributed by atoms with E-state index in [9.17, 15) is 13.8 Å². The van der Waals surface area contributed by atoms with Crippen molar-refractivity contribution in [1.29, 1.82) is 0 Å². The average Bonchev–Trinajstić information content (AvgIpc) is 4.05. The monoisotopic (exact) mass is 1190 g/mol. The molecule has 2 amide bonds. The van der Waals surface area contributed by atoms with Crippen LogP contribution in [0.15, 0.2) is 119 Å². The zero-order chi connectivity index (χ0) is 57.6. The van der Waals surface area contributed by atoms with Crippen LogP contribution in [0.25, 0.3) is 53.3 Å². The van der Waals surface area contributed by atoms with Crippen molar-refractivity contribution in [2.75, 3.05) is 42.1 Å². The molecule has 1 unspecified atom stereocenters. The zero-order valence-electron chi connectivity index (χ0n) is 46.9. The predicted octanol–water partition coefficient (Wildman–Crippen LogP) is 12.5. The van der Waals surface area contributed by atoms with Crippen LogP contribution >= 0.6 is 23.1 Å². The van der Waals surface area contributed by atoms with Crippen molar-refractivity contribution in [3.8, 4) is 0 Å². The van der Waals surface area contributed by atoms with Gasteiger partial charge in [0.1, 0.15) is 16.6 Å². The molecule has 432 valence electrons. The van der Waals surface area contributed by atoms with Crippen LogP contribution < -0.4 is 16.0 Å². The minimum Gasteiger partial charge on any atom is -0.342 e. The van der Waals surface area contributed by atoms with E-state index in [1.165, 1.54) is 50.8 Å². The normalized spacial score (nSPS) is 18.5. The Hall–Kier alpha value is -8.67. The topological polar surface area (TPSA) is 257 Å². The number of nitrogens with zero attached hydrogens (tertiary/aromatic N) is 11. The van der Waals surface area contributed by atoms with Gasteiger partial charge in [0.15, 0.2) is 17.5 Å². The van der Waals surface area contributed by atoms with Gasteiger partial charge in [-0.1, -0.05) is 19.3 Å². The van der Waals surface area contributed by atoms with E-state index in [-0.39, 0.29) is 5.92 Å². The third kappa shape index (κ3) is 11.2. The summed E-state index contributed by atoms with van der Waals surface area (Å²) in [6.07, 6.45) is 17.3. The molecule has 4 fully saturated rings. The van der Waals surface area contributed by atoms with E-state index in [4.69, 9.17) is 8.75 Å². The standard InChI is InChI=1S/C25H28N6OS.C22H22N6OS.C15H13N5OS/c32-25(17-5-2-1-3-6-17)31-13-10-16(11-14-31)22-19-9-8-18(15-21(19)33-30-22)27-24-23-20(28-29-24)7-4-12-26-23;29-22(14-3-4-14)28-10-7-13(8-11-28)19-16-6-5-15(12-18(16)30-27-19)24-21-20-17(25-26-21)2-1-9-23-20;1-9-11-8-10(5-6-13(11)22(2,21)20-9)17-15-14-12(18-19-15)4-3-7-16-14/h4,7-9,12,15-17H,1-3,5-6,10-11,13-14H2,(H2,27,28,29);1-2,5-6,9,12-14H,3-4,7-8,10-11H2,(H2,24,25,26);3-8H,2H2,1H3,(H2,17,18,19). The summed E-state index contributed by atoms with van der Waals surface area (Å²) >= 11 is 3.10. The second-order valence-corrected chi connectivity index (χ2v) is 26.2. The van der Waals surface area contributed by atoms with Crippen LogP contribution in [0.4, 0.5) is 34.5 Å². The van der Waals surface area contributed by atoms with E-state index in [0.717, 1.165) is 151 Å². The third-order valence-corrected chi connectivity index (χ3v) is 20.3. The number of hydrogen-bond acceptors (Lipinski definition) is 16. The molecule has 20 nitrogen and oxygen atoms in total. The number of carbonyl (C=O) groups excluding carboxylic acids is 2. The van der Waals surface area contributed by atoms with E-state index in [1.54, 1.807) is 47.7 Å². The molecule has 1 atom stereocenters. The second kappa shape index (κ2) is 23.1. The van der Waals surface area contributed by atoms with Crippen LogP contribution in [0.3, 0.4) is 0 Å². The summed E-state index contributed by atoms with van der Waals surface area (Å²) in [7, 11) is -2.54. The fraction of sp³-hybridized carbons (Fsp3) is 0.323. The number of anilines is 6. The van der Waals surface area contributed by atoms with Gasteiger partial charge in [-0.2, -0.15) is 28.4 Å². The van der Waals surface area contributed by atoms with Crippen molar-refractivity contribution in [1.82, 2.24) is 64.1 Å². The van der Waals surface area contributed by atoms with Gasteiger partial charge in [-0.25, -0.2) is 4.21 Å². The first-order valence-corrected chi connectivity index (χ1v) is 32.4. The molecule has 3 aliphatic heterocycles. The summed E-state index contributed by atoms with van der Waals surface area (Å²) in [5.74, 6) is 8.00. The highest BCUT2D eigenvalue weighted by Crippen LogP contribution is 2.40. The SMILES string of the molecule is C=S1(=O)N=C(C)c2cc(Nc3n[nH]c4cccnc34)ccc21.O=C(C1CC1)N1CCC(c2nsc3cc(Nc4n[nH]c5cccnc45)ccc23)CC1.O=C(C1CCCCC1)N1CCC(c2nsc3cc(Nc4n[nH]c5cccnc45)ccc23)CC1. The van der Waals surface area contributed by atoms with Crippen molar-refractivity contribution >= 4 is 144 Å². The highest BCUT2D eigenvalue weighted by molar-refractivity contribution is 7.99. The van der Waals surface area contributed by atoms with Gasteiger partial charge in [-0.05, 0) is 178 Å². The lowest BCUT2D eigenvalue weighted by atomic mass is 9.86. The molecule has 3 aromatic carbocycles. The van der Waals surface area contributed by atoms with E-state index in [2.05, 4.69) is 118 Å². The van der Waals surface area contributed by atoms with Gasteiger partial charge < -0.3 is 25.8 Å². The fourth-order valence-corrected chi connectivity index (χ4v) is 15.6. The number of amides is 2. The maximum Gasteiger partial charge on any atom is 0.225 e. The van der Waals surface area contributed by atoms with Crippen LogP contribution in [0, 0.1) is 11.8 Å². The smallest absolute Gasteiger partial charge is 0.225 e. The molecule has 0 spiro atoms. The first kappa shape index (κ1) is 54.3. The zero-order valence-corrected chi connectivity index (χ0v) is 49.3. The number of rotatable bonds is 10. The molecule has 0 radical (unpaired) electrons. The molecular weight excluding hydrogens is 1130 g/mol. The van der Waals surface area contributed by atoms with Gasteiger partial charge in [0, 0.05) is 102 Å². The molecule has 23 heteroatoms. The number of piperidine rings is 2. The maximum atomic E-state index is 12.9. The Morgan fingerprint density at radius 2 is 0.976 bits per heavy atom. The molecule has 2 aliphatic carbocycles. The quantitative estimate of drug-likeness (QED) is 0.0697. The number of likely N-dealkylation sites (tertiary alicyclic amines) is 2.